The number of hydrogen-bond donors (Lipinski definition) is 0. The summed E-state index contributed by atoms with van der Waals surface area (Å²) in [7, 11) is 0. The van der Waals surface area contributed by atoms with Crippen LogP contribution in [-0.4, -0.2) is 28.9 Å². The summed E-state index contributed by atoms with van der Waals surface area (Å²) >= 11 is 0. The third kappa shape index (κ3) is 3.71. The smallest absolute Gasteiger partial charge is 0.257 e. The largest absolute Gasteiger partial charge is 0.455 e. The first-order valence-corrected chi connectivity index (χ1v) is 11.9. The molecule has 3 heterocycles. The Morgan fingerprint density at radius 3 is 2.43 bits per heavy atom. The molecule has 5 aromatic rings. The number of rotatable bonds is 3. The van der Waals surface area contributed by atoms with Crippen LogP contribution >= 0.6 is 0 Å². The molecular formula is C29H24N2O4. The number of benzene rings is 3. The Kier molecular flexibility index (Phi) is 5.21. The van der Waals surface area contributed by atoms with Gasteiger partial charge < -0.3 is 13.7 Å². The second-order valence-electron chi connectivity index (χ2n) is 9.02. The first kappa shape index (κ1) is 21.4. The maximum atomic E-state index is 13.6. The van der Waals surface area contributed by atoms with E-state index in [1.54, 1.807) is 25.1 Å². The molecule has 0 saturated carbocycles. The zero-order chi connectivity index (χ0) is 23.9. The average molecular weight is 465 g/mol. The van der Waals surface area contributed by atoms with Gasteiger partial charge in [0.1, 0.15) is 11.3 Å². The summed E-state index contributed by atoms with van der Waals surface area (Å²) in [6.45, 7) is 2.93. The van der Waals surface area contributed by atoms with Crippen molar-refractivity contribution in [3.05, 3.63) is 100 Å². The molecule has 6 heteroatoms. The molecular weight excluding hydrogens is 440 g/mol. The molecule has 1 aliphatic rings. The van der Waals surface area contributed by atoms with E-state index < -0.39 is 0 Å². The Balaban J connectivity index is 1.30. The van der Waals surface area contributed by atoms with E-state index in [1.807, 2.05) is 59.5 Å². The molecule has 0 radical (unpaired) electrons. The molecule has 3 aromatic carbocycles. The summed E-state index contributed by atoms with van der Waals surface area (Å²) in [4.78, 5) is 33.2. The molecule has 1 aliphatic heterocycles. The van der Waals surface area contributed by atoms with Gasteiger partial charge in [-0.1, -0.05) is 48.5 Å². The van der Waals surface area contributed by atoms with Crippen molar-refractivity contribution in [2.75, 3.05) is 13.1 Å². The normalized spacial score (nSPS) is 14.6. The highest BCUT2D eigenvalue weighted by atomic mass is 16.3. The monoisotopic (exact) mass is 464 g/mol. The lowest BCUT2D eigenvalue weighted by molar-refractivity contribution is 0.0707. The molecule has 1 amide bonds. The van der Waals surface area contributed by atoms with Crippen LogP contribution in [0, 0.1) is 6.92 Å². The second kappa shape index (κ2) is 8.55. The van der Waals surface area contributed by atoms with E-state index in [9.17, 15) is 9.59 Å². The quantitative estimate of drug-likeness (QED) is 0.331. The topological polar surface area (TPSA) is 76.6 Å². The lowest BCUT2D eigenvalue weighted by Gasteiger charge is -2.30. The van der Waals surface area contributed by atoms with E-state index in [4.69, 9.17) is 8.83 Å². The fourth-order valence-electron chi connectivity index (χ4n) is 4.91. The van der Waals surface area contributed by atoms with Gasteiger partial charge in [0.25, 0.3) is 5.91 Å². The maximum absolute atomic E-state index is 13.6. The Morgan fingerprint density at radius 2 is 1.66 bits per heavy atom. The number of aromatic nitrogens is 1. The van der Waals surface area contributed by atoms with Crippen LogP contribution in [0.4, 0.5) is 0 Å². The molecule has 0 N–H and O–H groups in total. The highest BCUT2D eigenvalue weighted by Gasteiger charge is 2.29. The lowest BCUT2D eigenvalue weighted by Crippen LogP contribution is -2.38. The zero-order valence-electron chi connectivity index (χ0n) is 19.4. The van der Waals surface area contributed by atoms with E-state index in [2.05, 4.69) is 4.98 Å². The number of likely N-dealkylation sites (tertiary alicyclic amines) is 1. The molecule has 6 rings (SSSR count). The zero-order valence-corrected chi connectivity index (χ0v) is 19.4. The fourth-order valence-corrected chi connectivity index (χ4v) is 4.91. The Bertz CT molecular complexity index is 1580. The van der Waals surface area contributed by atoms with Gasteiger partial charge in [0.15, 0.2) is 22.5 Å². The minimum absolute atomic E-state index is 0.116. The van der Waals surface area contributed by atoms with Crippen LogP contribution in [0.5, 0.6) is 0 Å². The standard InChI is InChI=1S/C29H24N2O4/c1-18-25(32)21-10-7-11-22(27(21)35-26(18)19-8-3-2-4-9-19)29(33)31-16-14-20(15-17-31)28-30-23-12-5-6-13-24(23)34-28/h2-13,20H,14-17H2,1H3. The number of nitrogens with zero attached hydrogens (tertiary/aromatic N) is 2. The number of fused-ring (bicyclic) bond motifs is 2. The number of para-hydroxylation sites is 3. The van der Waals surface area contributed by atoms with Gasteiger partial charge in [-0.25, -0.2) is 4.98 Å². The van der Waals surface area contributed by atoms with Crippen LogP contribution in [0.3, 0.4) is 0 Å². The van der Waals surface area contributed by atoms with Gasteiger partial charge in [0.2, 0.25) is 0 Å². The van der Waals surface area contributed by atoms with Crippen molar-refractivity contribution in [3.63, 3.8) is 0 Å². The van der Waals surface area contributed by atoms with Gasteiger partial charge in [-0.15, -0.1) is 0 Å². The van der Waals surface area contributed by atoms with E-state index in [0.717, 1.165) is 35.4 Å². The molecule has 6 nitrogen and oxygen atoms in total. The number of oxazole rings is 1. The van der Waals surface area contributed by atoms with Crippen molar-refractivity contribution in [3.8, 4) is 11.3 Å². The summed E-state index contributed by atoms with van der Waals surface area (Å²) in [5.41, 5.74) is 3.63. The third-order valence-corrected chi connectivity index (χ3v) is 6.85. The van der Waals surface area contributed by atoms with Crippen molar-refractivity contribution in [1.82, 2.24) is 9.88 Å². The highest BCUT2D eigenvalue weighted by molar-refractivity contribution is 6.05. The van der Waals surface area contributed by atoms with E-state index in [-0.39, 0.29) is 17.3 Å². The molecule has 0 bridgehead atoms. The van der Waals surface area contributed by atoms with Crippen LogP contribution in [0.2, 0.25) is 0 Å². The molecule has 1 saturated heterocycles. The molecule has 1 fully saturated rings. The predicted molar refractivity (Wildman–Crippen MR) is 135 cm³/mol. The van der Waals surface area contributed by atoms with Crippen LogP contribution in [-0.2, 0) is 0 Å². The predicted octanol–water partition coefficient (Wildman–Crippen LogP) is 5.93. The molecule has 0 unspecified atom stereocenters. The SMILES string of the molecule is Cc1c(-c2ccccc2)oc2c(C(=O)N3CCC(c4nc5ccccc5o4)CC3)cccc2c1=O. The van der Waals surface area contributed by atoms with Gasteiger partial charge in [-0.3, -0.25) is 9.59 Å². The number of carbonyl (C=O) groups is 1. The van der Waals surface area contributed by atoms with Crippen molar-refractivity contribution < 1.29 is 13.6 Å². The summed E-state index contributed by atoms with van der Waals surface area (Å²) in [5.74, 6) is 1.28. The number of carbonyl (C=O) groups excluding carboxylic acids is 1. The van der Waals surface area contributed by atoms with Gasteiger partial charge in [-0.05, 0) is 44.0 Å². The summed E-state index contributed by atoms with van der Waals surface area (Å²) in [6.07, 6.45) is 1.53. The maximum Gasteiger partial charge on any atom is 0.257 e. The van der Waals surface area contributed by atoms with E-state index >= 15 is 0 Å². The summed E-state index contributed by atoms with van der Waals surface area (Å²) < 4.78 is 12.2. The summed E-state index contributed by atoms with van der Waals surface area (Å²) in [6, 6.07) is 22.5. The first-order chi connectivity index (χ1) is 17.1. The van der Waals surface area contributed by atoms with Gasteiger partial charge in [0.05, 0.1) is 10.9 Å². The lowest BCUT2D eigenvalue weighted by atomic mass is 9.96. The number of hydrogen-bond acceptors (Lipinski definition) is 5. The van der Waals surface area contributed by atoms with Crippen LogP contribution in [0.25, 0.3) is 33.4 Å². The summed E-state index contributed by atoms with van der Waals surface area (Å²) in [5, 5.41) is 0.425. The molecule has 2 aromatic heterocycles. The van der Waals surface area contributed by atoms with Crippen molar-refractivity contribution in [2.24, 2.45) is 0 Å². The molecule has 0 aliphatic carbocycles. The van der Waals surface area contributed by atoms with Crippen molar-refractivity contribution >= 4 is 28.0 Å². The molecule has 0 spiro atoms. The van der Waals surface area contributed by atoms with Gasteiger partial charge >= 0.3 is 0 Å². The van der Waals surface area contributed by atoms with Crippen molar-refractivity contribution in [1.29, 1.82) is 0 Å². The van der Waals surface area contributed by atoms with Crippen LogP contribution in [0.15, 0.2) is 86.4 Å². The molecule has 35 heavy (non-hydrogen) atoms. The Labute approximate surface area is 201 Å². The number of amides is 1. The molecule has 174 valence electrons. The minimum Gasteiger partial charge on any atom is -0.455 e. The van der Waals surface area contributed by atoms with Crippen LogP contribution in [0.1, 0.15) is 40.6 Å². The minimum atomic E-state index is -0.127. The Morgan fingerprint density at radius 1 is 0.914 bits per heavy atom. The fraction of sp³-hybridized carbons (Fsp3) is 0.207. The van der Waals surface area contributed by atoms with Crippen LogP contribution < -0.4 is 5.43 Å². The third-order valence-electron chi connectivity index (χ3n) is 6.85. The second-order valence-corrected chi connectivity index (χ2v) is 9.02. The van der Waals surface area contributed by atoms with Crippen molar-refractivity contribution in [2.45, 2.75) is 25.7 Å². The highest BCUT2D eigenvalue weighted by Crippen LogP contribution is 2.32. The van der Waals surface area contributed by atoms with E-state index in [1.165, 1.54) is 0 Å². The first-order valence-electron chi connectivity index (χ1n) is 11.9. The Hall–Kier alpha value is -4.19. The van der Waals surface area contributed by atoms with Gasteiger partial charge in [0, 0.05) is 30.1 Å². The van der Waals surface area contributed by atoms with E-state index in [0.29, 0.717) is 40.9 Å². The average Bonchev–Trinajstić information content (AvgIpc) is 3.35. The van der Waals surface area contributed by atoms with Gasteiger partial charge in [-0.2, -0.15) is 0 Å². The molecule has 0 atom stereocenters. The number of piperidine rings is 1.